The molecule has 1 fully saturated rings. The zero-order valence-electron chi connectivity index (χ0n) is 13.6. The molecule has 3 heteroatoms. The van der Waals surface area contributed by atoms with Crippen LogP contribution in [0, 0.1) is 5.92 Å². The predicted molar refractivity (Wildman–Crippen MR) is 84.7 cm³/mol. The standard InChI is InChI=1S/C16H35N3/c1-5-8-16(14-17-13-15(2)3)18(4)11-12-19-9-6-7-10-19/h15-17H,5-14H2,1-4H3. The van der Waals surface area contributed by atoms with Crippen LogP contribution in [-0.2, 0) is 0 Å². The molecule has 1 atom stereocenters. The van der Waals surface area contributed by atoms with E-state index in [4.69, 9.17) is 0 Å². The van der Waals surface area contributed by atoms with Crippen molar-refractivity contribution in [3.8, 4) is 0 Å². The molecule has 0 amide bonds. The fraction of sp³-hybridized carbons (Fsp3) is 1.00. The molecule has 1 heterocycles. The van der Waals surface area contributed by atoms with Crippen molar-refractivity contribution in [1.82, 2.24) is 15.1 Å². The zero-order chi connectivity index (χ0) is 14.1. The fourth-order valence-corrected chi connectivity index (χ4v) is 2.84. The average Bonchev–Trinajstić information content (AvgIpc) is 2.87. The summed E-state index contributed by atoms with van der Waals surface area (Å²) in [5, 5.41) is 3.62. The normalized spacial score (nSPS) is 18.6. The van der Waals surface area contributed by atoms with E-state index in [-0.39, 0.29) is 0 Å². The molecule has 0 aliphatic carbocycles. The minimum atomic E-state index is 0.700. The van der Waals surface area contributed by atoms with Crippen LogP contribution in [0.4, 0.5) is 0 Å². The molecule has 1 rings (SSSR count). The average molecular weight is 269 g/mol. The summed E-state index contributed by atoms with van der Waals surface area (Å²) >= 11 is 0. The molecule has 114 valence electrons. The van der Waals surface area contributed by atoms with Gasteiger partial charge >= 0.3 is 0 Å². The Morgan fingerprint density at radius 3 is 2.42 bits per heavy atom. The van der Waals surface area contributed by atoms with Crippen LogP contribution in [0.5, 0.6) is 0 Å². The Kier molecular flexibility index (Phi) is 8.67. The van der Waals surface area contributed by atoms with E-state index in [0.717, 1.165) is 19.0 Å². The molecule has 1 N–H and O–H groups in total. The molecule has 1 aliphatic rings. The van der Waals surface area contributed by atoms with Crippen molar-refractivity contribution >= 4 is 0 Å². The lowest BCUT2D eigenvalue weighted by atomic mass is 10.1. The van der Waals surface area contributed by atoms with Gasteiger partial charge in [0.15, 0.2) is 0 Å². The number of hydrogen-bond acceptors (Lipinski definition) is 3. The highest BCUT2D eigenvalue weighted by Crippen LogP contribution is 2.09. The van der Waals surface area contributed by atoms with Crippen molar-refractivity contribution in [1.29, 1.82) is 0 Å². The Morgan fingerprint density at radius 2 is 1.84 bits per heavy atom. The van der Waals surface area contributed by atoms with Gasteiger partial charge in [-0.1, -0.05) is 27.2 Å². The molecule has 0 bridgehead atoms. The van der Waals surface area contributed by atoms with Gasteiger partial charge in [-0.05, 0) is 51.9 Å². The van der Waals surface area contributed by atoms with E-state index in [9.17, 15) is 0 Å². The van der Waals surface area contributed by atoms with Crippen LogP contribution >= 0.6 is 0 Å². The minimum absolute atomic E-state index is 0.700. The fourth-order valence-electron chi connectivity index (χ4n) is 2.84. The number of rotatable bonds is 10. The maximum absolute atomic E-state index is 3.62. The molecule has 0 aromatic heterocycles. The Hall–Kier alpha value is -0.120. The smallest absolute Gasteiger partial charge is 0.0218 e. The van der Waals surface area contributed by atoms with E-state index in [0.29, 0.717) is 6.04 Å². The van der Waals surface area contributed by atoms with Gasteiger partial charge < -0.3 is 15.1 Å². The van der Waals surface area contributed by atoms with Crippen molar-refractivity contribution in [2.45, 2.75) is 52.5 Å². The Bertz CT molecular complexity index is 212. The Balaban J connectivity index is 2.23. The third-order valence-electron chi connectivity index (χ3n) is 4.15. The monoisotopic (exact) mass is 269 g/mol. The summed E-state index contributed by atoms with van der Waals surface area (Å²) in [4.78, 5) is 5.18. The van der Waals surface area contributed by atoms with Crippen LogP contribution in [0.25, 0.3) is 0 Å². The predicted octanol–water partition coefficient (Wildman–Crippen LogP) is 2.43. The minimum Gasteiger partial charge on any atom is -0.315 e. The highest BCUT2D eigenvalue weighted by Gasteiger charge is 2.16. The van der Waals surface area contributed by atoms with E-state index >= 15 is 0 Å². The Labute approximate surface area is 120 Å². The van der Waals surface area contributed by atoms with Gasteiger partial charge in [0, 0.05) is 25.7 Å². The molecule has 1 saturated heterocycles. The first-order valence-electron chi connectivity index (χ1n) is 8.26. The molecule has 0 radical (unpaired) electrons. The second-order valence-electron chi connectivity index (χ2n) is 6.52. The lowest BCUT2D eigenvalue weighted by Crippen LogP contribution is -2.43. The van der Waals surface area contributed by atoms with E-state index in [2.05, 4.69) is 42.9 Å². The van der Waals surface area contributed by atoms with Gasteiger partial charge in [-0.2, -0.15) is 0 Å². The van der Waals surface area contributed by atoms with E-state index in [1.165, 1.54) is 51.9 Å². The highest BCUT2D eigenvalue weighted by molar-refractivity contribution is 4.74. The van der Waals surface area contributed by atoms with Gasteiger partial charge in [0.25, 0.3) is 0 Å². The quantitative estimate of drug-likeness (QED) is 0.657. The third-order valence-corrected chi connectivity index (χ3v) is 4.15. The molecule has 1 aliphatic heterocycles. The number of nitrogens with one attached hydrogen (secondary N) is 1. The van der Waals surface area contributed by atoms with Gasteiger partial charge in [-0.15, -0.1) is 0 Å². The van der Waals surface area contributed by atoms with Crippen LogP contribution in [0.1, 0.15) is 46.5 Å². The zero-order valence-corrected chi connectivity index (χ0v) is 13.6. The molecular formula is C16H35N3. The van der Waals surface area contributed by atoms with Crippen molar-refractivity contribution in [2.24, 2.45) is 5.92 Å². The molecule has 19 heavy (non-hydrogen) atoms. The van der Waals surface area contributed by atoms with Crippen LogP contribution in [0.2, 0.25) is 0 Å². The first-order valence-corrected chi connectivity index (χ1v) is 8.26. The molecule has 1 unspecified atom stereocenters. The first kappa shape index (κ1) is 16.9. The largest absolute Gasteiger partial charge is 0.315 e. The third kappa shape index (κ3) is 7.28. The highest BCUT2D eigenvalue weighted by atomic mass is 15.2. The second kappa shape index (κ2) is 9.73. The number of hydrogen-bond donors (Lipinski definition) is 1. The van der Waals surface area contributed by atoms with Crippen LogP contribution in [0.3, 0.4) is 0 Å². The lowest BCUT2D eigenvalue weighted by Gasteiger charge is -2.30. The number of likely N-dealkylation sites (N-methyl/N-ethyl adjacent to an activating group) is 1. The molecule has 0 aromatic rings. The van der Waals surface area contributed by atoms with Gasteiger partial charge in [0.05, 0.1) is 0 Å². The van der Waals surface area contributed by atoms with Crippen LogP contribution in [0.15, 0.2) is 0 Å². The SMILES string of the molecule is CCCC(CNCC(C)C)N(C)CCN1CCCC1. The van der Waals surface area contributed by atoms with Gasteiger partial charge in [0.2, 0.25) is 0 Å². The molecular weight excluding hydrogens is 234 g/mol. The van der Waals surface area contributed by atoms with Gasteiger partial charge in [-0.3, -0.25) is 0 Å². The van der Waals surface area contributed by atoms with Crippen molar-refractivity contribution in [3.63, 3.8) is 0 Å². The van der Waals surface area contributed by atoms with Crippen molar-refractivity contribution in [2.75, 3.05) is 46.3 Å². The van der Waals surface area contributed by atoms with Crippen LogP contribution < -0.4 is 5.32 Å². The van der Waals surface area contributed by atoms with Gasteiger partial charge in [-0.25, -0.2) is 0 Å². The first-order chi connectivity index (χ1) is 9.13. The number of likely N-dealkylation sites (tertiary alicyclic amines) is 1. The Morgan fingerprint density at radius 1 is 1.16 bits per heavy atom. The van der Waals surface area contributed by atoms with E-state index in [1.54, 1.807) is 0 Å². The summed E-state index contributed by atoms with van der Waals surface area (Å²) in [5.41, 5.74) is 0. The van der Waals surface area contributed by atoms with E-state index < -0.39 is 0 Å². The molecule has 0 saturated carbocycles. The van der Waals surface area contributed by atoms with Crippen LogP contribution in [-0.4, -0.2) is 62.2 Å². The van der Waals surface area contributed by atoms with Crippen molar-refractivity contribution < 1.29 is 0 Å². The molecule has 3 nitrogen and oxygen atoms in total. The lowest BCUT2D eigenvalue weighted by molar-refractivity contribution is 0.191. The maximum atomic E-state index is 3.62. The molecule has 0 spiro atoms. The summed E-state index contributed by atoms with van der Waals surface area (Å²) in [6.07, 6.45) is 5.39. The maximum Gasteiger partial charge on any atom is 0.0218 e. The summed E-state index contributed by atoms with van der Waals surface area (Å²) < 4.78 is 0. The second-order valence-corrected chi connectivity index (χ2v) is 6.52. The topological polar surface area (TPSA) is 18.5 Å². The number of nitrogens with zero attached hydrogens (tertiary/aromatic N) is 2. The van der Waals surface area contributed by atoms with Gasteiger partial charge in [0.1, 0.15) is 0 Å². The summed E-state index contributed by atoms with van der Waals surface area (Å²) in [6.45, 7) is 14.2. The molecule has 0 aromatic carbocycles. The summed E-state index contributed by atoms with van der Waals surface area (Å²) in [5.74, 6) is 0.747. The van der Waals surface area contributed by atoms with Crippen molar-refractivity contribution in [3.05, 3.63) is 0 Å². The summed E-state index contributed by atoms with van der Waals surface area (Å²) in [7, 11) is 2.30. The van der Waals surface area contributed by atoms with E-state index in [1.807, 2.05) is 0 Å². The summed E-state index contributed by atoms with van der Waals surface area (Å²) in [6, 6.07) is 0.700.